The molecule has 0 saturated heterocycles. The summed E-state index contributed by atoms with van der Waals surface area (Å²) in [7, 11) is 1.31. The van der Waals surface area contributed by atoms with Crippen molar-refractivity contribution in [3.8, 4) is 11.5 Å². The lowest BCUT2D eigenvalue weighted by Gasteiger charge is -2.12. The number of nitro benzene ring substituents is 1. The number of nitrogens with one attached hydrogen (secondary N) is 1. The number of benzene rings is 1. The number of aromatic nitrogens is 1. The number of carbonyl (C=O) groups is 1. The Morgan fingerprint density at radius 1 is 1.33 bits per heavy atom. The zero-order valence-electron chi connectivity index (χ0n) is 17.3. The molecule has 10 nitrogen and oxygen atoms in total. The molecule has 162 valence electrons. The number of carbonyl (C=O) groups excluding carboxylic acids is 1. The van der Waals surface area contributed by atoms with Gasteiger partial charge in [-0.2, -0.15) is 5.10 Å². The molecule has 0 atom stereocenters. The summed E-state index contributed by atoms with van der Waals surface area (Å²) in [6.07, 6.45) is 2.68. The fourth-order valence-electron chi connectivity index (χ4n) is 2.48. The van der Waals surface area contributed by atoms with Gasteiger partial charge in [-0.25, -0.2) is 9.78 Å². The van der Waals surface area contributed by atoms with Gasteiger partial charge in [-0.15, -0.1) is 0 Å². The Bertz CT molecular complexity index is 928. The molecule has 0 amide bonds. The lowest BCUT2D eigenvalue weighted by atomic mass is 10.2. The molecule has 0 aliphatic carbocycles. The normalized spacial score (nSPS) is 10.8. The van der Waals surface area contributed by atoms with E-state index in [1.54, 1.807) is 13.0 Å². The van der Waals surface area contributed by atoms with Crippen LogP contribution in [0.5, 0.6) is 11.5 Å². The molecule has 0 unspecified atom stereocenters. The number of thiazole rings is 1. The topological polar surface area (TPSA) is 125 Å². The third-order valence-electron chi connectivity index (χ3n) is 3.78. The molecule has 0 spiro atoms. The molecule has 0 aliphatic heterocycles. The number of hydrogen-bond acceptors (Lipinski definition) is 10. The molecule has 30 heavy (non-hydrogen) atoms. The SMILES string of the molecule is CCCOc1c(OCC)cc(/C=N\Nc2nc(CC)c(C(=O)OC)s2)cc1[N+](=O)[O-]. The van der Waals surface area contributed by atoms with Crippen LogP contribution in [0, 0.1) is 10.1 Å². The van der Waals surface area contributed by atoms with Crippen molar-refractivity contribution < 1.29 is 23.9 Å². The average molecular weight is 436 g/mol. The first-order chi connectivity index (χ1) is 14.4. The predicted octanol–water partition coefficient (Wildman–Crippen LogP) is 4.03. The maximum Gasteiger partial charge on any atom is 0.350 e. The van der Waals surface area contributed by atoms with Gasteiger partial charge in [0.25, 0.3) is 0 Å². The lowest BCUT2D eigenvalue weighted by Crippen LogP contribution is -2.04. The van der Waals surface area contributed by atoms with E-state index in [0.717, 1.165) is 11.3 Å². The van der Waals surface area contributed by atoms with Crippen molar-refractivity contribution in [2.45, 2.75) is 33.6 Å². The lowest BCUT2D eigenvalue weighted by molar-refractivity contribution is -0.386. The minimum Gasteiger partial charge on any atom is -0.490 e. The minimum atomic E-state index is -0.519. The van der Waals surface area contributed by atoms with E-state index in [9.17, 15) is 14.9 Å². The Morgan fingerprint density at radius 3 is 2.70 bits per heavy atom. The maximum absolute atomic E-state index is 11.8. The van der Waals surface area contributed by atoms with Gasteiger partial charge in [-0.1, -0.05) is 25.2 Å². The molecule has 0 fully saturated rings. The van der Waals surface area contributed by atoms with Crippen LogP contribution in [-0.4, -0.2) is 42.4 Å². The molecule has 0 radical (unpaired) electrons. The summed E-state index contributed by atoms with van der Waals surface area (Å²) in [4.78, 5) is 27.5. The van der Waals surface area contributed by atoms with Crippen LogP contribution in [-0.2, 0) is 11.2 Å². The van der Waals surface area contributed by atoms with E-state index >= 15 is 0 Å². The summed E-state index contributed by atoms with van der Waals surface area (Å²) < 4.78 is 15.8. The first kappa shape index (κ1) is 23.1. The average Bonchev–Trinajstić information content (AvgIpc) is 3.15. The first-order valence-electron chi connectivity index (χ1n) is 9.40. The Morgan fingerprint density at radius 2 is 2.10 bits per heavy atom. The number of esters is 1. The molecule has 0 saturated carbocycles. The molecule has 1 aromatic heterocycles. The summed E-state index contributed by atoms with van der Waals surface area (Å²) in [5, 5.41) is 16.0. The van der Waals surface area contributed by atoms with Gasteiger partial charge in [0, 0.05) is 11.6 Å². The molecule has 0 bridgehead atoms. The second kappa shape index (κ2) is 11.1. The van der Waals surface area contributed by atoms with Gasteiger partial charge in [0.05, 0.1) is 37.2 Å². The van der Waals surface area contributed by atoms with Gasteiger partial charge in [0.2, 0.25) is 10.9 Å². The molecule has 11 heteroatoms. The van der Waals surface area contributed by atoms with Gasteiger partial charge in [-0.3, -0.25) is 15.5 Å². The standard InChI is InChI=1S/C19H24N4O6S/c1-5-8-29-16-14(23(25)26)9-12(10-15(16)28-7-3)11-20-22-19-21-13(6-2)17(30-19)18(24)27-4/h9-11H,5-8H2,1-4H3,(H,21,22)/b20-11-. The monoisotopic (exact) mass is 436 g/mol. The van der Waals surface area contributed by atoms with Crippen LogP contribution in [0.25, 0.3) is 0 Å². The fourth-order valence-corrected chi connectivity index (χ4v) is 3.41. The number of aryl methyl sites for hydroxylation is 1. The van der Waals surface area contributed by atoms with Crippen LogP contribution in [0.4, 0.5) is 10.8 Å². The highest BCUT2D eigenvalue weighted by Crippen LogP contribution is 2.38. The van der Waals surface area contributed by atoms with Crippen LogP contribution in [0.15, 0.2) is 17.2 Å². The van der Waals surface area contributed by atoms with E-state index in [2.05, 4.69) is 15.5 Å². The van der Waals surface area contributed by atoms with Gasteiger partial charge in [-0.05, 0) is 25.8 Å². The highest BCUT2D eigenvalue weighted by Gasteiger charge is 2.22. The number of hydrazone groups is 1. The van der Waals surface area contributed by atoms with E-state index in [-0.39, 0.29) is 17.2 Å². The zero-order valence-corrected chi connectivity index (χ0v) is 18.1. The van der Waals surface area contributed by atoms with Crippen molar-refractivity contribution in [2.24, 2.45) is 5.10 Å². The van der Waals surface area contributed by atoms with Crippen LogP contribution in [0.1, 0.15) is 48.1 Å². The molecule has 2 aromatic rings. The predicted molar refractivity (Wildman–Crippen MR) is 114 cm³/mol. The van der Waals surface area contributed by atoms with Crippen LogP contribution < -0.4 is 14.9 Å². The van der Waals surface area contributed by atoms with Crippen molar-refractivity contribution in [2.75, 3.05) is 25.7 Å². The van der Waals surface area contributed by atoms with Crippen LogP contribution in [0.2, 0.25) is 0 Å². The number of ether oxygens (including phenoxy) is 3. The van der Waals surface area contributed by atoms with Crippen LogP contribution in [0.3, 0.4) is 0 Å². The Balaban J connectivity index is 2.29. The highest BCUT2D eigenvalue weighted by molar-refractivity contribution is 7.17. The molecule has 0 aliphatic rings. The highest BCUT2D eigenvalue weighted by atomic mass is 32.1. The number of nitrogens with zero attached hydrogens (tertiary/aromatic N) is 3. The van der Waals surface area contributed by atoms with Gasteiger partial charge < -0.3 is 14.2 Å². The van der Waals surface area contributed by atoms with Crippen molar-refractivity contribution in [3.63, 3.8) is 0 Å². The van der Waals surface area contributed by atoms with E-state index in [4.69, 9.17) is 14.2 Å². The number of anilines is 1. The van der Waals surface area contributed by atoms with E-state index in [1.807, 2.05) is 13.8 Å². The first-order valence-corrected chi connectivity index (χ1v) is 10.2. The van der Waals surface area contributed by atoms with Crippen molar-refractivity contribution in [1.29, 1.82) is 0 Å². The van der Waals surface area contributed by atoms with Gasteiger partial charge >= 0.3 is 11.7 Å². The fraction of sp³-hybridized carbons (Fsp3) is 0.421. The summed E-state index contributed by atoms with van der Waals surface area (Å²) in [6.45, 7) is 6.23. The van der Waals surface area contributed by atoms with E-state index in [1.165, 1.54) is 19.4 Å². The summed E-state index contributed by atoms with van der Waals surface area (Å²) >= 11 is 1.12. The second-order valence-electron chi connectivity index (χ2n) is 5.92. The van der Waals surface area contributed by atoms with E-state index < -0.39 is 10.9 Å². The van der Waals surface area contributed by atoms with Gasteiger partial charge in [0.15, 0.2) is 5.75 Å². The Kier molecular flexibility index (Phi) is 8.54. The zero-order chi connectivity index (χ0) is 22.1. The molecule has 1 heterocycles. The largest absolute Gasteiger partial charge is 0.490 e. The quantitative estimate of drug-likeness (QED) is 0.242. The van der Waals surface area contributed by atoms with Gasteiger partial charge in [0.1, 0.15) is 4.88 Å². The Hall–Kier alpha value is -3.21. The number of rotatable bonds is 11. The number of hydrogen-bond donors (Lipinski definition) is 1. The van der Waals surface area contributed by atoms with Crippen molar-refractivity contribution in [3.05, 3.63) is 38.4 Å². The second-order valence-corrected chi connectivity index (χ2v) is 6.91. The summed E-state index contributed by atoms with van der Waals surface area (Å²) in [5.74, 6) is -0.0813. The molecule has 1 N–H and O–H groups in total. The molecule has 1 aromatic carbocycles. The van der Waals surface area contributed by atoms with E-state index in [0.29, 0.717) is 47.3 Å². The smallest absolute Gasteiger partial charge is 0.350 e. The third kappa shape index (κ3) is 5.66. The number of nitro groups is 1. The summed E-state index contributed by atoms with van der Waals surface area (Å²) in [5.41, 5.74) is 3.59. The molecule has 2 rings (SSSR count). The molecular formula is C19H24N4O6S. The van der Waals surface area contributed by atoms with Crippen LogP contribution >= 0.6 is 11.3 Å². The maximum atomic E-state index is 11.8. The minimum absolute atomic E-state index is 0.101. The van der Waals surface area contributed by atoms with Crippen molar-refractivity contribution in [1.82, 2.24) is 4.98 Å². The summed E-state index contributed by atoms with van der Waals surface area (Å²) in [6, 6.07) is 2.98. The van der Waals surface area contributed by atoms with Crippen molar-refractivity contribution >= 4 is 34.3 Å². The number of methoxy groups -OCH3 is 1. The Labute approximate surface area is 178 Å². The third-order valence-corrected chi connectivity index (χ3v) is 4.76. The molecular weight excluding hydrogens is 412 g/mol.